The van der Waals surface area contributed by atoms with Crippen LogP contribution in [0.25, 0.3) is 11.1 Å². The fourth-order valence-electron chi connectivity index (χ4n) is 2.93. The Hall–Kier alpha value is -3.12. The molecule has 1 atom stereocenters. The summed E-state index contributed by atoms with van der Waals surface area (Å²) in [6.07, 6.45) is 1.87. The summed E-state index contributed by atoms with van der Waals surface area (Å²) >= 11 is 0. The van der Waals surface area contributed by atoms with Gasteiger partial charge in [0.2, 0.25) is 0 Å². The first-order chi connectivity index (χ1) is 13.5. The second-order valence-electron chi connectivity index (χ2n) is 6.31. The summed E-state index contributed by atoms with van der Waals surface area (Å²) in [5, 5.41) is 5.77. The Kier molecular flexibility index (Phi) is 5.24. The maximum atomic E-state index is 13.5. The topological polar surface area (TPSA) is 62.8 Å². The number of aromatic amines is 1. The van der Waals surface area contributed by atoms with Crippen molar-refractivity contribution in [1.82, 2.24) is 10.2 Å². The highest BCUT2D eigenvalue weighted by molar-refractivity contribution is 7.90. The molecule has 0 saturated heterocycles. The Morgan fingerprint density at radius 3 is 2.14 bits per heavy atom. The number of alkyl halides is 3. The number of rotatable bonds is 4. The molecule has 0 aliphatic heterocycles. The molecule has 150 valence electrons. The van der Waals surface area contributed by atoms with Gasteiger partial charge in [0.1, 0.15) is 5.82 Å². The van der Waals surface area contributed by atoms with E-state index in [9.17, 15) is 26.0 Å². The van der Waals surface area contributed by atoms with Crippen LogP contribution in [0.3, 0.4) is 0 Å². The number of halogens is 4. The van der Waals surface area contributed by atoms with Crippen LogP contribution in [-0.4, -0.2) is 24.9 Å². The number of hydrogen-bond donors (Lipinski definition) is 1. The molecule has 0 spiro atoms. The standard InChI is InChI=1S/C20H14F4N2O2S/c1-3-16(12-6-10-15(11-7-12)29(2,27)28)18-17(13-4-8-14(21)9-5-13)19(26-25-18)20(22,23)24/h1,4-11,16H,2H3,(H,25,26). The molecule has 0 fully saturated rings. The van der Waals surface area contributed by atoms with Crippen LogP contribution in [-0.2, 0) is 16.0 Å². The SMILES string of the molecule is C#CC(c1ccc(S(C)(=O)=O)cc1)c1[nH]nc(C(F)(F)F)c1-c1ccc(F)cc1. The minimum absolute atomic E-state index is 0.00135. The molecule has 0 saturated carbocycles. The van der Waals surface area contributed by atoms with E-state index in [-0.39, 0.29) is 21.7 Å². The van der Waals surface area contributed by atoms with Crippen LogP contribution in [0, 0.1) is 18.2 Å². The molecule has 4 nitrogen and oxygen atoms in total. The third-order valence-corrected chi connectivity index (χ3v) is 5.42. The molecule has 3 rings (SSSR count). The van der Waals surface area contributed by atoms with Gasteiger partial charge in [0.15, 0.2) is 15.5 Å². The molecule has 0 radical (unpaired) electrons. The Labute approximate surface area is 164 Å². The molecule has 3 aromatic rings. The summed E-state index contributed by atoms with van der Waals surface area (Å²) < 4.78 is 77.0. The quantitative estimate of drug-likeness (QED) is 0.501. The zero-order chi connectivity index (χ0) is 21.4. The third kappa shape index (κ3) is 4.17. The van der Waals surface area contributed by atoms with Crippen molar-refractivity contribution in [2.75, 3.05) is 6.26 Å². The number of aromatic nitrogens is 2. The summed E-state index contributed by atoms with van der Waals surface area (Å²) in [5.41, 5.74) is -0.964. The first-order valence-electron chi connectivity index (χ1n) is 8.20. The van der Waals surface area contributed by atoms with Crippen molar-refractivity contribution in [2.24, 2.45) is 0 Å². The Morgan fingerprint density at radius 2 is 1.66 bits per heavy atom. The fourth-order valence-corrected chi connectivity index (χ4v) is 3.56. The van der Waals surface area contributed by atoms with Crippen LogP contribution in [0.2, 0.25) is 0 Å². The maximum absolute atomic E-state index is 13.5. The molecule has 1 aromatic heterocycles. The molecule has 1 N–H and O–H groups in total. The molecule has 29 heavy (non-hydrogen) atoms. The Morgan fingerprint density at radius 1 is 1.07 bits per heavy atom. The second kappa shape index (κ2) is 7.37. The van der Waals surface area contributed by atoms with Gasteiger partial charge >= 0.3 is 6.18 Å². The van der Waals surface area contributed by atoms with Gasteiger partial charge in [0.25, 0.3) is 0 Å². The average Bonchev–Trinajstić information content (AvgIpc) is 3.08. The molecule has 9 heteroatoms. The summed E-state index contributed by atoms with van der Waals surface area (Å²) in [5.74, 6) is 0.852. The minimum atomic E-state index is -4.77. The van der Waals surface area contributed by atoms with Crippen molar-refractivity contribution in [2.45, 2.75) is 17.0 Å². The molecule has 1 unspecified atom stereocenters. The summed E-state index contributed by atoms with van der Waals surface area (Å²) in [6, 6.07) is 10.0. The van der Waals surface area contributed by atoms with Gasteiger partial charge in [-0.3, -0.25) is 5.10 Å². The Balaban J connectivity index is 2.17. The maximum Gasteiger partial charge on any atom is 0.435 e. The van der Waals surface area contributed by atoms with Crippen LogP contribution in [0.5, 0.6) is 0 Å². The number of benzene rings is 2. The van der Waals surface area contributed by atoms with E-state index >= 15 is 0 Å². The number of terminal acetylenes is 1. The Bertz CT molecular complexity index is 1170. The van der Waals surface area contributed by atoms with Gasteiger partial charge in [0.05, 0.1) is 16.5 Å². The zero-order valence-corrected chi connectivity index (χ0v) is 15.8. The fraction of sp³-hybridized carbons (Fsp3) is 0.150. The largest absolute Gasteiger partial charge is 0.435 e. The van der Waals surface area contributed by atoms with Gasteiger partial charge in [-0.05, 0) is 35.4 Å². The summed E-state index contributed by atoms with van der Waals surface area (Å²) in [6.45, 7) is 0. The van der Waals surface area contributed by atoms with Crippen LogP contribution < -0.4 is 0 Å². The van der Waals surface area contributed by atoms with Crippen LogP contribution in [0.4, 0.5) is 17.6 Å². The molecule has 0 bridgehead atoms. The van der Waals surface area contributed by atoms with Gasteiger partial charge in [-0.25, -0.2) is 12.8 Å². The summed E-state index contributed by atoms with van der Waals surface area (Å²) in [7, 11) is -3.44. The lowest BCUT2D eigenvalue weighted by Crippen LogP contribution is -2.08. The van der Waals surface area contributed by atoms with Crippen molar-refractivity contribution in [1.29, 1.82) is 0 Å². The lowest BCUT2D eigenvalue weighted by Gasteiger charge is -2.14. The molecule has 1 heterocycles. The predicted molar refractivity (Wildman–Crippen MR) is 99.2 cm³/mol. The van der Waals surface area contributed by atoms with Gasteiger partial charge < -0.3 is 0 Å². The average molecular weight is 422 g/mol. The molecule has 2 aromatic carbocycles. The number of hydrogen-bond acceptors (Lipinski definition) is 3. The normalized spacial score (nSPS) is 13.1. The lowest BCUT2D eigenvalue weighted by molar-refractivity contribution is -0.140. The van der Waals surface area contributed by atoms with Crippen molar-refractivity contribution in [3.63, 3.8) is 0 Å². The highest BCUT2D eigenvalue weighted by Gasteiger charge is 2.39. The highest BCUT2D eigenvalue weighted by atomic mass is 32.2. The second-order valence-corrected chi connectivity index (χ2v) is 8.32. The van der Waals surface area contributed by atoms with Crippen molar-refractivity contribution in [3.8, 4) is 23.5 Å². The number of sulfone groups is 1. The predicted octanol–water partition coefficient (Wildman–Crippen LogP) is 4.40. The highest BCUT2D eigenvalue weighted by Crippen LogP contribution is 2.41. The van der Waals surface area contributed by atoms with Crippen LogP contribution in [0.15, 0.2) is 53.4 Å². The van der Waals surface area contributed by atoms with Gasteiger partial charge in [-0.2, -0.15) is 18.3 Å². The first kappa shape index (κ1) is 20.6. The van der Waals surface area contributed by atoms with Crippen molar-refractivity contribution < 1.29 is 26.0 Å². The molecule has 0 amide bonds. The van der Waals surface area contributed by atoms with Gasteiger partial charge in [-0.15, -0.1) is 6.42 Å². The van der Waals surface area contributed by atoms with Crippen molar-refractivity contribution in [3.05, 3.63) is 71.3 Å². The van der Waals surface area contributed by atoms with E-state index in [1.54, 1.807) is 0 Å². The van der Waals surface area contributed by atoms with Crippen LogP contribution >= 0.6 is 0 Å². The van der Waals surface area contributed by atoms with Gasteiger partial charge in [-0.1, -0.05) is 30.2 Å². The molecular weight excluding hydrogens is 408 g/mol. The van der Waals surface area contributed by atoms with E-state index in [2.05, 4.69) is 16.1 Å². The van der Waals surface area contributed by atoms with Crippen LogP contribution in [0.1, 0.15) is 22.9 Å². The monoisotopic (exact) mass is 422 g/mol. The van der Waals surface area contributed by atoms with E-state index in [0.29, 0.717) is 5.56 Å². The minimum Gasteiger partial charge on any atom is -0.280 e. The third-order valence-electron chi connectivity index (χ3n) is 4.29. The molecule has 0 aliphatic carbocycles. The van der Waals surface area contributed by atoms with E-state index < -0.39 is 33.4 Å². The van der Waals surface area contributed by atoms with Crippen molar-refractivity contribution >= 4 is 9.84 Å². The molecular formula is C20H14F4N2O2S. The number of H-pyrrole nitrogens is 1. The van der Waals surface area contributed by atoms with E-state index in [1.807, 2.05) is 0 Å². The van der Waals surface area contributed by atoms with Gasteiger partial charge in [0, 0.05) is 11.8 Å². The number of nitrogens with zero attached hydrogens (tertiary/aromatic N) is 1. The van der Waals surface area contributed by atoms with E-state index in [1.165, 1.54) is 36.4 Å². The smallest absolute Gasteiger partial charge is 0.280 e. The van der Waals surface area contributed by atoms with E-state index in [0.717, 1.165) is 18.4 Å². The zero-order valence-electron chi connectivity index (χ0n) is 15.0. The molecule has 0 aliphatic rings. The van der Waals surface area contributed by atoms with E-state index in [4.69, 9.17) is 6.42 Å². The first-order valence-corrected chi connectivity index (χ1v) is 10.1. The lowest BCUT2D eigenvalue weighted by atomic mass is 9.90. The summed E-state index contributed by atoms with van der Waals surface area (Å²) in [4.78, 5) is 0.0522. The number of nitrogens with one attached hydrogen (secondary N) is 1.